The number of carboxylic acid groups (broad SMARTS) is 1. The number of quaternary nitrogens is 1. The molecule has 0 spiro atoms. The molecule has 0 aliphatic carbocycles. The summed E-state index contributed by atoms with van der Waals surface area (Å²) in [6, 6.07) is -0.619. The third kappa shape index (κ3) is 46.2. The number of hydrogen-bond acceptors (Lipinski definition) is 6. The number of unbranched alkanes of at least 4 members (excludes halogenated alkanes) is 25. The first kappa shape index (κ1) is 63.0. The van der Waals surface area contributed by atoms with E-state index in [0.29, 0.717) is 19.3 Å². The molecule has 66 heavy (non-hydrogen) atoms. The molecule has 8 heteroatoms. The molecule has 8 nitrogen and oxygen atoms in total. The standard InChI is InChI=1S/C58H103NO7/c1-6-8-10-12-14-16-18-20-22-24-26-28-29-31-33-35-37-39-41-43-45-47-49-57(61)66-54(52-64-51-50-55(58(62)63)59(3,4)5)53-65-56(60)48-46-44-42-40-38-36-34-32-30-27-25-23-21-19-17-15-13-11-9-7-2/h8,10,14,16,20,22,26-28,30,54-55H,6-7,9,11-13,15,17-19,21,23-25,29,31-53H2,1-5H3/p+1/b10-8+,16-14+,22-20+,28-26+,30-27+. The number of nitrogens with zero attached hydrogens (tertiary/aromatic N) is 1. The third-order valence-electron chi connectivity index (χ3n) is 12.2. The summed E-state index contributed by atoms with van der Waals surface area (Å²) in [6.45, 7) is 4.64. The van der Waals surface area contributed by atoms with Crippen molar-refractivity contribution in [1.82, 2.24) is 0 Å². The van der Waals surface area contributed by atoms with Crippen LogP contribution in [0.1, 0.15) is 239 Å². The van der Waals surface area contributed by atoms with Gasteiger partial charge in [0.1, 0.15) is 6.61 Å². The van der Waals surface area contributed by atoms with Crippen LogP contribution >= 0.6 is 0 Å². The zero-order valence-corrected chi connectivity index (χ0v) is 43.6. The second-order valence-corrected chi connectivity index (χ2v) is 19.5. The summed E-state index contributed by atoms with van der Waals surface area (Å²) in [4.78, 5) is 37.2. The number of rotatable bonds is 49. The van der Waals surface area contributed by atoms with Crippen LogP contribution in [0.2, 0.25) is 0 Å². The van der Waals surface area contributed by atoms with E-state index in [0.717, 1.165) is 70.6 Å². The van der Waals surface area contributed by atoms with Crippen molar-refractivity contribution in [2.45, 2.75) is 251 Å². The summed E-state index contributed by atoms with van der Waals surface area (Å²) in [5.41, 5.74) is 0. The Kier molecular flexibility index (Phi) is 46.3. The van der Waals surface area contributed by atoms with Gasteiger partial charge in [-0.15, -0.1) is 0 Å². The average Bonchev–Trinajstić information content (AvgIpc) is 3.28. The number of aliphatic carboxylic acids is 1. The van der Waals surface area contributed by atoms with E-state index in [1.807, 2.05) is 21.1 Å². The van der Waals surface area contributed by atoms with Gasteiger partial charge >= 0.3 is 17.9 Å². The summed E-state index contributed by atoms with van der Waals surface area (Å²) in [5.74, 6) is -1.47. The first-order chi connectivity index (χ1) is 32.1. The number of hydrogen-bond donors (Lipinski definition) is 1. The molecule has 0 saturated heterocycles. The van der Waals surface area contributed by atoms with Crippen molar-refractivity contribution in [2.75, 3.05) is 41.0 Å². The van der Waals surface area contributed by atoms with Crippen LogP contribution in [-0.4, -0.2) is 80.6 Å². The normalized spacial score (nSPS) is 13.3. The van der Waals surface area contributed by atoms with E-state index < -0.39 is 18.1 Å². The summed E-state index contributed by atoms with van der Waals surface area (Å²) < 4.78 is 17.4. The van der Waals surface area contributed by atoms with Crippen molar-refractivity contribution in [3.05, 3.63) is 60.8 Å². The molecule has 0 heterocycles. The fourth-order valence-corrected chi connectivity index (χ4v) is 7.96. The molecule has 0 aromatic heterocycles. The number of allylic oxidation sites excluding steroid dienone is 10. The van der Waals surface area contributed by atoms with E-state index in [1.165, 1.54) is 135 Å². The number of likely N-dealkylation sites (N-methyl/N-ethyl adjacent to an activating group) is 1. The van der Waals surface area contributed by atoms with Crippen LogP contribution < -0.4 is 0 Å². The van der Waals surface area contributed by atoms with Crippen molar-refractivity contribution in [1.29, 1.82) is 0 Å². The zero-order valence-electron chi connectivity index (χ0n) is 43.6. The van der Waals surface area contributed by atoms with Gasteiger partial charge in [0.25, 0.3) is 0 Å². The highest BCUT2D eigenvalue weighted by Gasteiger charge is 2.31. The van der Waals surface area contributed by atoms with Gasteiger partial charge in [0, 0.05) is 19.3 Å². The van der Waals surface area contributed by atoms with Gasteiger partial charge in [-0.05, 0) is 77.0 Å². The predicted molar refractivity (Wildman–Crippen MR) is 280 cm³/mol. The maximum atomic E-state index is 12.8. The van der Waals surface area contributed by atoms with E-state index in [-0.39, 0.29) is 36.2 Å². The Bertz CT molecular complexity index is 1260. The van der Waals surface area contributed by atoms with Crippen molar-refractivity contribution < 1.29 is 38.2 Å². The fraction of sp³-hybridized carbons (Fsp3) is 0.776. The molecule has 0 fully saturated rings. The van der Waals surface area contributed by atoms with Crippen LogP contribution in [0.25, 0.3) is 0 Å². The Morgan fingerprint density at radius 1 is 0.470 bits per heavy atom. The summed E-state index contributed by atoms with van der Waals surface area (Å²) in [7, 11) is 5.54. The third-order valence-corrected chi connectivity index (χ3v) is 12.2. The van der Waals surface area contributed by atoms with Crippen LogP contribution in [0, 0.1) is 0 Å². The topological polar surface area (TPSA) is 99.1 Å². The van der Waals surface area contributed by atoms with Gasteiger partial charge in [-0.3, -0.25) is 9.59 Å². The molecule has 0 amide bonds. The van der Waals surface area contributed by atoms with Crippen LogP contribution in [0.3, 0.4) is 0 Å². The quantitative estimate of drug-likeness (QED) is 0.0281. The minimum atomic E-state index is -0.876. The Hall–Kier alpha value is -2.97. The maximum Gasteiger partial charge on any atom is 0.362 e. The van der Waals surface area contributed by atoms with Gasteiger partial charge in [0.2, 0.25) is 0 Å². The van der Waals surface area contributed by atoms with Gasteiger partial charge in [0.05, 0.1) is 34.4 Å². The number of carbonyl (C=O) groups is 3. The van der Waals surface area contributed by atoms with Gasteiger partial charge in [-0.1, -0.05) is 203 Å². The molecular weight excluding hydrogens is 823 g/mol. The highest BCUT2D eigenvalue weighted by molar-refractivity contribution is 5.72. The minimum absolute atomic E-state index is 0.0562. The number of carboxylic acids is 1. The largest absolute Gasteiger partial charge is 0.477 e. The maximum absolute atomic E-state index is 12.8. The second-order valence-electron chi connectivity index (χ2n) is 19.5. The molecule has 2 atom stereocenters. The van der Waals surface area contributed by atoms with Crippen molar-refractivity contribution in [3.63, 3.8) is 0 Å². The molecule has 0 bridgehead atoms. The van der Waals surface area contributed by atoms with Crippen molar-refractivity contribution >= 4 is 17.9 Å². The van der Waals surface area contributed by atoms with E-state index >= 15 is 0 Å². The number of carbonyl (C=O) groups excluding carboxylic acids is 2. The summed E-state index contributed by atoms with van der Waals surface area (Å²) in [5, 5.41) is 9.67. The smallest absolute Gasteiger partial charge is 0.362 e. The summed E-state index contributed by atoms with van der Waals surface area (Å²) in [6.07, 6.45) is 61.3. The van der Waals surface area contributed by atoms with Gasteiger partial charge in [0.15, 0.2) is 12.1 Å². The molecule has 2 unspecified atom stereocenters. The van der Waals surface area contributed by atoms with Crippen LogP contribution in [0.15, 0.2) is 60.8 Å². The molecule has 1 N–H and O–H groups in total. The Morgan fingerprint density at radius 3 is 1.27 bits per heavy atom. The monoisotopic (exact) mass is 927 g/mol. The lowest BCUT2D eigenvalue weighted by atomic mass is 10.1. The van der Waals surface area contributed by atoms with Crippen LogP contribution in [-0.2, 0) is 28.6 Å². The van der Waals surface area contributed by atoms with Crippen molar-refractivity contribution in [3.8, 4) is 0 Å². The SMILES string of the molecule is CC/C=C/C/C=C/C/C=C/C/C=C/CCCCCCCCCCCC(=O)OC(COCCC(C(=O)O)[N+](C)(C)C)COC(=O)CCCCCCCCC/C=C/CCCCCCCCCCC. The molecule has 382 valence electrons. The zero-order chi connectivity index (χ0) is 48.4. The van der Waals surface area contributed by atoms with E-state index in [1.54, 1.807) is 0 Å². The highest BCUT2D eigenvalue weighted by atomic mass is 16.6. The molecule has 0 radical (unpaired) electrons. The van der Waals surface area contributed by atoms with Gasteiger partial charge in [-0.2, -0.15) is 0 Å². The van der Waals surface area contributed by atoms with E-state index in [2.05, 4.69) is 74.6 Å². The first-order valence-electron chi connectivity index (χ1n) is 27.3. The van der Waals surface area contributed by atoms with Gasteiger partial charge < -0.3 is 23.8 Å². The van der Waals surface area contributed by atoms with E-state index in [9.17, 15) is 19.5 Å². The van der Waals surface area contributed by atoms with Crippen LogP contribution in [0.5, 0.6) is 0 Å². The molecule has 0 aromatic carbocycles. The lowest BCUT2D eigenvalue weighted by Gasteiger charge is -2.31. The van der Waals surface area contributed by atoms with Crippen molar-refractivity contribution in [2.24, 2.45) is 0 Å². The average molecular weight is 927 g/mol. The molecule has 0 aliphatic heterocycles. The number of ether oxygens (including phenoxy) is 3. The Balaban J connectivity index is 4.22. The minimum Gasteiger partial charge on any atom is -0.477 e. The Labute approximate surface area is 407 Å². The Morgan fingerprint density at radius 2 is 0.848 bits per heavy atom. The van der Waals surface area contributed by atoms with Crippen LogP contribution in [0.4, 0.5) is 0 Å². The number of esters is 2. The lowest BCUT2D eigenvalue weighted by Crippen LogP contribution is -2.50. The predicted octanol–water partition coefficient (Wildman–Crippen LogP) is 16.1. The van der Waals surface area contributed by atoms with Gasteiger partial charge in [-0.25, -0.2) is 4.79 Å². The first-order valence-corrected chi connectivity index (χ1v) is 27.3. The molecule has 0 saturated carbocycles. The second kappa shape index (κ2) is 48.5. The molecule has 0 rings (SSSR count). The highest BCUT2D eigenvalue weighted by Crippen LogP contribution is 2.15. The molecule has 0 aliphatic rings. The lowest BCUT2D eigenvalue weighted by molar-refractivity contribution is -0.887. The molecule has 0 aromatic rings. The van der Waals surface area contributed by atoms with E-state index in [4.69, 9.17) is 14.2 Å². The fourth-order valence-electron chi connectivity index (χ4n) is 7.96. The summed E-state index contributed by atoms with van der Waals surface area (Å²) >= 11 is 0. The molecular formula is C58H104NO7+.